The van der Waals surface area contributed by atoms with Gasteiger partial charge in [-0.3, -0.25) is 9.59 Å². The number of ether oxygens (including phenoxy) is 4. The SMILES string of the molecule is CCOC(=O)[C@@]12Oc3ccc(Cl)cc3C(=O)[C@@H]1[C@H]1C(=O)c3cc(Cl)ccc3O[C@]12C(=O)OCC. The van der Waals surface area contributed by atoms with Crippen LogP contribution in [0, 0.1) is 11.8 Å². The van der Waals surface area contributed by atoms with Crippen LogP contribution in [0.15, 0.2) is 36.4 Å². The second-order valence-corrected chi connectivity index (χ2v) is 8.95. The summed E-state index contributed by atoms with van der Waals surface area (Å²) in [6, 6.07) is 8.55. The summed E-state index contributed by atoms with van der Waals surface area (Å²) in [6.45, 7) is 3.00. The van der Waals surface area contributed by atoms with E-state index in [4.69, 9.17) is 42.1 Å². The third-order valence-corrected chi connectivity index (χ3v) is 6.91. The van der Waals surface area contributed by atoms with Crippen LogP contribution in [0.2, 0.25) is 10.0 Å². The molecule has 8 nitrogen and oxygen atoms in total. The van der Waals surface area contributed by atoms with Crippen molar-refractivity contribution in [3.63, 3.8) is 0 Å². The summed E-state index contributed by atoms with van der Waals surface area (Å²) in [4.78, 5) is 54.4. The average Bonchev–Trinajstić information content (AvgIpc) is 2.79. The van der Waals surface area contributed by atoms with Gasteiger partial charge in [-0.2, -0.15) is 0 Å². The summed E-state index contributed by atoms with van der Waals surface area (Å²) in [5, 5.41) is 0.525. The highest BCUT2D eigenvalue weighted by Crippen LogP contribution is 2.64. The molecule has 0 saturated heterocycles. The second-order valence-electron chi connectivity index (χ2n) is 8.08. The first kappa shape index (κ1) is 22.7. The first-order valence-electron chi connectivity index (χ1n) is 10.6. The minimum Gasteiger partial charge on any atom is -0.469 e. The molecule has 0 spiro atoms. The Morgan fingerprint density at radius 3 is 1.53 bits per heavy atom. The van der Waals surface area contributed by atoms with E-state index in [2.05, 4.69) is 0 Å². The average molecular weight is 505 g/mol. The highest BCUT2D eigenvalue weighted by Gasteiger charge is 2.90. The molecule has 1 aliphatic carbocycles. The number of carbonyl (C=O) groups excluding carboxylic acids is 4. The summed E-state index contributed by atoms with van der Waals surface area (Å²) in [7, 11) is 0. The summed E-state index contributed by atoms with van der Waals surface area (Å²) >= 11 is 12.2. The maximum absolute atomic E-state index is 13.7. The van der Waals surface area contributed by atoms with E-state index in [-0.39, 0.29) is 45.9 Å². The third-order valence-electron chi connectivity index (χ3n) is 6.44. The van der Waals surface area contributed by atoms with Gasteiger partial charge >= 0.3 is 11.9 Å². The topological polar surface area (TPSA) is 105 Å². The van der Waals surface area contributed by atoms with Crippen LogP contribution in [-0.2, 0) is 19.1 Å². The Morgan fingerprint density at radius 1 is 0.794 bits per heavy atom. The lowest BCUT2D eigenvalue weighted by molar-refractivity contribution is -0.261. The van der Waals surface area contributed by atoms with Crippen LogP contribution in [0.5, 0.6) is 11.5 Å². The molecule has 2 aliphatic heterocycles. The van der Waals surface area contributed by atoms with Crippen LogP contribution in [0.3, 0.4) is 0 Å². The lowest BCUT2D eigenvalue weighted by Gasteiger charge is -2.64. The molecule has 0 N–H and O–H groups in total. The standard InChI is InChI=1S/C24H18Cl2O8/c1-3-31-21(29)23-17(19(27)13-9-11(25)5-7-15(13)33-23)18-20(28)14-10-12(26)6-8-16(14)34-24(18,23)22(30)32-4-2/h5-10,17-18H,3-4H2,1-2H3/t17-,18-,23-,24-/m0/s1. The fraction of sp³-hybridized carbons (Fsp3) is 0.333. The zero-order chi connectivity index (χ0) is 24.4. The van der Waals surface area contributed by atoms with Gasteiger partial charge in [0.15, 0.2) is 11.6 Å². The monoisotopic (exact) mass is 504 g/mol. The number of hydrogen-bond acceptors (Lipinski definition) is 8. The van der Waals surface area contributed by atoms with E-state index >= 15 is 0 Å². The van der Waals surface area contributed by atoms with E-state index in [0.717, 1.165) is 0 Å². The van der Waals surface area contributed by atoms with Gasteiger partial charge in [0.1, 0.15) is 11.5 Å². The minimum absolute atomic E-state index is 0.0128. The summed E-state index contributed by atoms with van der Waals surface area (Å²) in [5.41, 5.74) is -4.41. The van der Waals surface area contributed by atoms with E-state index in [9.17, 15) is 19.2 Å². The lowest BCUT2D eigenvalue weighted by atomic mass is 9.45. The van der Waals surface area contributed by atoms with Crippen molar-refractivity contribution >= 4 is 46.7 Å². The van der Waals surface area contributed by atoms with Gasteiger partial charge in [-0.25, -0.2) is 9.59 Å². The van der Waals surface area contributed by atoms with Crippen molar-refractivity contribution in [2.75, 3.05) is 13.2 Å². The molecule has 2 aromatic carbocycles. The molecule has 1 saturated carbocycles. The zero-order valence-corrected chi connectivity index (χ0v) is 19.6. The smallest absolute Gasteiger partial charge is 0.356 e. The second kappa shape index (κ2) is 7.71. The van der Waals surface area contributed by atoms with Crippen molar-refractivity contribution in [2.24, 2.45) is 11.8 Å². The van der Waals surface area contributed by atoms with Gasteiger partial charge in [0.2, 0.25) is 0 Å². The van der Waals surface area contributed by atoms with Crippen molar-refractivity contribution in [3.8, 4) is 11.5 Å². The number of halogens is 2. The van der Waals surface area contributed by atoms with Crippen LogP contribution >= 0.6 is 23.2 Å². The van der Waals surface area contributed by atoms with Gasteiger partial charge in [-0.15, -0.1) is 0 Å². The number of esters is 2. The predicted octanol–water partition coefficient (Wildman–Crippen LogP) is 3.69. The molecule has 0 bridgehead atoms. The number of fused-ring (bicyclic) bond motifs is 6. The Kier molecular flexibility index (Phi) is 5.15. The Balaban J connectivity index is 1.80. The van der Waals surface area contributed by atoms with Gasteiger partial charge < -0.3 is 18.9 Å². The molecule has 0 aromatic heterocycles. The number of ketones is 2. The van der Waals surface area contributed by atoms with Crippen molar-refractivity contribution in [1.82, 2.24) is 0 Å². The quantitative estimate of drug-likeness (QED) is 0.580. The molecule has 176 valence electrons. The van der Waals surface area contributed by atoms with E-state index < -0.39 is 46.5 Å². The molecule has 0 unspecified atom stereocenters. The summed E-state index contributed by atoms with van der Waals surface area (Å²) in [6.07, 6.45) is 0. The van der Waals surface area contributed by atoms with Crippen molar-refractivity contribution < 1.29 is 38.1 Å². The van der Waals surface area contributed by atoms with Gasteiger partial charge in [0.05, 0.1) is 36.2 Å². The predicted molar refractivity (Wildman–Crippen MR) is 119 cm³/mol. The maximum Gasteiger partial charge on any atom is 0.356 e. The lowest BCUT2D eigenvalue weighted by Crippen LogP contribution is -2.90. The molecular weight excluding hydrogens is 487 g/mol. The minimum atomic E-state index is -2.29. The molecule has 0 radical (unpaired) electrons. The van der Waals surface area contributed by atoms with E-state index in [1.54, 1.807) is 13.8 Å². The van der Waals surface area contributed by atoms with Crippen LogP contribution < -0.4 is 9.47 Å². The molecule has 4 atom stereocenters. The first-order chi connectivity index (χ1) is 16.2. The molecule has 2 heterocycles. The van der Waals surface area contributed by atoms with Crippen LogP contribution in [0.4, 0.5) is 0 Å². The zero-order valence-electron chi connectivity index (χ0n) is 18.1. The number of carbonyl (C=O) groups is 4. The fourth-order valence-electron chi connectivity index (χ4n) is 5.15. The van der Waals surface area contributed by atoms with Gasteiger partial charge in [0.25, 0.3) is 11.2 Å². The molecule has 5 rings (SSSR count). The third kappa shape index (κ3) is 2.66. The highest BCUT2D eigenvalue weighted by atomic mass is 35.5. The number of benzene rings is 2. The van der Waals surface area contributed by atoms with Crippen LogP contribution in [0.25, 0.3) is 0 Å². The summed E-state index contributed by atoms with van der Waals surface area (Å²) in [5.74, 6) is -6.01. The molecule has 0 amide bonds. The van der Waals surface area contributed by atoms with Crippen LogP contribution in [0.1, 0.15) is 34.6 Å². The summed E-state index contributed by atoms with van der Waals surface area (Å²) < 4.78 is 22.8. The Morgan fingerprint density at radius 2 is 1.18 bits per heavy atom. The highest BCUT2D eigenvalue weighted by molar-refractivity contribution is 6.32. The van der Waals surface area contributed by atoms with Gasteiger partial charge in [-0.05, 0) is 50.2 Å². The Bertz CT molecular complexity index is 1180. The molecule has 1 fully saturated rings. The van der Waals surface area contributed by atoms with Gasteiger partial charge in [0, 0.05) is 10.0 Å². The van der Waals surface area contributed by atoms with Crippen LogP contribution in [-0.4, -0.2) is 47.9 Å². The van der Waals surface area contributed by atoms with Crippen molar-refractivity contribution in [2.45, 2.75) is 25.0 Å². The first-order valence-corrected chi connectivity index (χ1v) is 11.4. The van der Waals surface area contributed by atoms with E-state index in [1.165, 1.54) is 36.4 Å². The molecule has 3 aliphatic rings. The maximum atomic E-state index is 13.7. The molecular formula is C24H18Cl2O8. The largest absolute Gasteiger partial charge is 0.469 e. The normalized spacial score (nSPS) is 28.1. The molecule has 10 heteroatoms. The Labute approximate surface area is 204 Å². The molecule has 34 heavy (non-hydrogen) atoms. The van der Waals surface area contributed by atoms with E-state index in [1.807, 2.05) is 0 Å². The number of rotatable bonds is 4. The van der Waals surface area contributed by atoms with Crippen molar-refractivity contribution in [3.05, 3.63) is 57.6 Å². The fourth-order valence-corrected chi connectivity index (χ4v) is 5.50. The van der Waals surface area contributed by atoms with Gasteiger partial charge in [-0.1, -0.05) is 23.2 Å². The van der Waals surface area contributed by atoms with Crippen molar-refractivity contribution in [1.29, 1.82) is 0 Å². The number of Topliss-reactive ketones (excluding diaryl/α,β-unsaturated/α-hetero) is 2. The Hall–Kier alpha value is -3.10. The number of hydrogen-bond donors (Lipinski definition) is 0. The van der Waals surface area contributed by atoms with E-state index in [0.29, 0.717) is 0 Å². The molecule has 2 aromatic rings.